The largest absolute Gasteiger partial charge is 0.293 e. The minimum absolute atomic E-state index is 0.0282. The molecule has 0 aliphatic carbocycles. The number of hydrazine groups is 1. The van der Waals surface area contributed by atoms with Gasteiger partial charge in [0.05, 0.1) is 6.54 Å². The molecule has 1 heterocycles. The van der Waals surface area contributed by atoms with E-state index in [0.717, 1.165) is 16.6 Å². The van der Waals surface area contributed by atoms with Gasteiger partial charge in [-0.1, -0.05) is 29.8 Å². The number of aliphatic imine (C=N–C) groups is 1. The number of amides is 1. The maximum absolute atomic E-state index is 14.1. The summed E-state index contributed by atoms with van der Waals surface area (Å²) < 4.78 is 40.7. The number of ketones is 1. The van der Waals surface area contributed by atoms with Crippen LogP contribution in [0.4, 0.5) is 13.2 Å². The molecule has 4 rings (SSSR count). The van der Waals surface area contributed by atoms with E-state index in [1.165, 1.54) is 36.4 Å². The number of carbonyl (C=O) groups excluding carboxylic acids is 2. The van der Waals surface area contributed by atoms with Crippen LogP contribution in [0.1, 0.15) is 27.0 Å². The van der Waals surface area contributed by atoms with Gasteiger partial charge < -0.3 is 0 Å². The highest BCUT2D eigenvalue weighted by molar-refractivity contribution is 6.19. The van der Waals surface area contributed by atoms with Crippen molar-refractivity contribution in [1.29, 1.82) is 0 Å². The van der Waals surface area contributed by atoms with Gasteiger partial charge in [-0.2, -0.15) is 0 Å². The third-order valence-corrected chi connectivity index (χ3v) is 4.99. The van der Waals surface area contributed by atoms with E-state index >= 15 is 0 Å². The van der Waals surface area contributed by atoms with Crippen LogP contribution in [0.3, 0.4) is 0 Å². The quantitative estimate of drug-likeness (QED) is 0.448. The number of rotatable bonds is 6. The van der Waals surface area contributed by atoms with Gasteiger partial charge in [0.25, 0.3) is 5.91 Å². The Bertz CT molecular complexity index is 1280. The average Bonchev–Trinajstić information content (AvgIpc) is 3.10. The zero-order chi connectivity index (χ0) is 23.5. The molecular formula is C25H18F3N3O2. The number of nitrogens with one attached hydrogen (secondary N) is 1. The number of hydrogen-bond acceptors (Lipinski definition) is 4. The molecule has 0 bridgehead atoms. The van der Waals surface area contributed by atoms with Crippen LogP contribution in [-0.4, -0.2) is 29.1 Å². The van der Waals surface area contributed by atoms with E-state index in [1.54, 1.807) is 24.3 Å². The summed E-state index contributed by atoms with van der Waals surface area (Å²) in [6, 6.07) is 15.2. The number of Topliss-reactive ketones (excluding diaryl/α,β-unsaturated/α-hetero) is 1. The van der Waals surface area contributed by atoms with Gasteiger partial charge in [-0.05, 0) is 49.4 Å². The van der Waals surface area contributed by atoms with Gasteiger partial charge >= 0.3 is 0 Å². The third kappa shape index (κ3) is 4.91. The van der Waals surface area contributed by atoms with Crippen LogP contribution in [0.5, 0.6) is 0 Å². The minimum atomic E-state index is -0.852. The molecule has 0 aromatic heterocycles. The molecule has 0 unspecified atom stereocenters. The molecule has 0 saturated heterocycles. The van der Waals surface area contributed by atoms with Gasteiger partial charge in [0.2, 0.25) is 0 Å². The molecule has 8 heteroatoms. The molecular weight excluding hydrogens is 431 g/mol. The van der Waals surface area contributed by atoms with Crippen LogP contribution in [0.25, 0.3) is 6.08 Å². The molecule has 0 atom stereocenters. The van der Waals surface area contributed by atoms with Gasteiger partial charge in [0.1, 0.15) is 23.1 Å². The normalized spacial score (nSPS) is 14.7. The van der Waals surface area contributed by atoms with Crippen molar-refractivity contribution in [3.63, 3.8) is 0 Å². The van der Waals surface area contributed by atoms with E-state index in [4.69, 9.17) is 0 Å². The number of aryl methyl sites for hydroxylation is 1. The fourth-order valence-corrected chi connectivity index (χ4v) is 3.21. The SMILES string of the molecule is Cc1ccc(C(=O)CNN2C(=O)/C(=C/c3ccc(F)cc3F)N=C2c2ccc(F)cc2)cc1. The molecule has 33 heavy (non-hydrogen) atoms. The van der Waals surface area contributed by atoms with Gasteiger partial charge in [0.15, 0.2) is 11.6 Å². The molecule has 1 aliphatic heterocycles. The predicted molar refractivity (Wildman–Crippen MR) is 118 cm³/mol. The lowest BCUT2D eigenvalue weighted by Crippen LogP contribution is -2.46. The minimum Gasteiger partial charge on any atom is -0.293 e. The first-order valence-corrected chi connectivity index (χ1v) is 10.0. The standard InChI is InChI=1S/C25H18F3N3O2/c1-15-2-4-16(5-3-15)23(32)14-29-31-24(17-6-9-19(26)10-7-17)30-22(25(31)33)12-18-8-11-20(27)13-21(18)28/h2-13,29H,14H2,1H3/b22-12-. The van der Waals surface area contributed by atoms with Crippen molar-refractivity contribution in [2.45, 2.75) is 6.92 Å². The Morgan fingerprint density at radius 3 is 2.30 bits per heavy atom. The number of halogens is 3. The highest BCUT2D eigenvalue weighted by Crippen LogP contribution is 2.22. The second kappa shape index (κ2) is 9.22. The van der Waals surface area contributed by atoms with E-state index in [-0.39, 0.29) is 29.4 Å². The van der Waals surface area contributed by atoms with E-state index in [2.05, 4.69) is 10.4 Å². The zero-order valence-electron chi connectivity index (χ0n) is 17.5. The molecule has 0 radical (unpaired) electrons. The number of benzene rings is 3. The van der Waals surface area contributed by atoms with Crippen LogP contribution in [0, 0.1) is 24.4 Å². The van der Waals surface area contributed by atoms with Gasteiger partial charge in [-0.15, -0.1) is 0 Å². The van der Waals surface area contributed by atoms with Crippen molar-refractivity contribution in [1.82, 2.24) is 10.4 Å². The maximum atomic E-state index is 14.1. The Balaban J connectivity index is 1.64. The molecule has 0 fully saturated rings. The van der Waals surface area contributed by atoms with Crippen LogP contribution in [0.2, 0.25) is 0 Å². The lowest BCUT2D eigenvalue weighted by atomic mass is 10.1. The van der Waals surface area contributed by atoms with Gasteiger partial charge in [0, 0.05) is 22.8 Å². The van der Waals surface area contributed by atoms with Crippen LogP contribution in [-0.2, 0) is 4.79 Å². The van der Waals surface area contributed by atoms with Crippen LogP contribution < -0.4 is 5.43 Å². The molecule has 1 N–H and O–H groups in total. The smallest absolute Gasteiger partial charge is 0.292 e. The second-order valence-corrected chi connectivity index (χ2v) is 7.40. The maximum Gasteiger partial charge on any atom is 0.292 e. The van der Waals surface area contributed by atoms with Crippen molar-refractivity contribution in [2.24, 2.45) is 4.99 Å². The molecule has 3 aromatic carbocycles. The zero-order valence-corrected chi connectivity index (χ0v) is 17.5. The molecule has 3 aromatic rings. The van der Waals surface area contributed by atoms with Crippen molar-refractivity contribution in [3.05, 3.63) is 112 Å². The predicted octanol–water partition coefficient (Wildman–Crippen LogP) is 4.43. The highest BCUT2D eigenvalue weighted by atomic mass is 19.1. The monoisotopic (exact) mass is 449 g/mol. The van der Waals surface area contributed by atoms with Crippen LogP contribution in [0.15, 0.2) is 77.4 Å². The van der Waals surface area contributed by atoms with Crippen molar-refractivity contribution >= 4 is 23.6 Å². The van der Waals surface area contributed by atoms with Gasteiger partial charge in [-0.3, -0.25) is 9.59 Å². The van der Waals surface area contributed by atoms with E-state index < -0.39 is 23.4 Å². The Morgan fingerprint density at radius 1 is 0.970 bits per heavy atom. The molecule has 5 nitrogen and oxygen atoms in total. The van der Waals surface area contributed by atoms with E-state index in [9.17, 15) is 22.8 Å². The summed E-state index contributed by atoms with van der Waals surface area (Å²) in [7, 11) is 0. The molecule has 0 saturated carbocycles. The highest BCUT2D eigenvalue weighted by Gasteiger charge is 2.32. The van der Waals surface area contributed by atoms with E-state index in [0.29, 0.717) is 17.2 Å². The van der Waals surface area contributed by atoms with Crippen molar-refractivity contribution < 1.29 is 22.8 Å². The number of nitrogens with zero attached hydrogens (tertiary/aromatic N) is 2. The third-order valence-electron chi connectivity index (χ3n) is 4.99. The summed E-state index contributed by atoms with van der Waals surface area (Å²) >= 11 is 0. The summed E-state index contributed by atoms with van der Waals surface area (Å²) in [5.41, 5.74) is 4.47. The summed E-state index contributed by atoms with van der Waals surface area (Å²) in [5.74, 6) is -2.86. The first-order chi connectivity index (χ1) is 15.8. The summed E-state index contributed by atoms with van der Waals surface area (Å²) in [4.78, 5) is 29.9. The molecule has 166 valence electrons. The van der Waals surface area contributed by atoms with Crippen LogP contribution >= 0.6 is 0 Å². The molecule has 1 amide bonds. The summed E-state index contributed by atoms with van der Waals surface area (Å²) in [6.45, 7) is 1.69. The average molecular weight is 449 g/mol. The second-order valence-electron chi connectivity index (χ2n) is 7.40. The lowest BCUT2D eigenvalue weighted by Gasteiger charge is -2.19. The first-order valence-electron chi connectivity index (χ1n) is 10.0. The lowest BCUT2D eigenvalue weighted by molar-refractivity contribution is -0.124. The van der Waals surface area contributed by atoms with Crippen molar-refractivity contribution in [2.75, 3.05) is 6.54 Å². The van der Waals surface area contributed by atoms with Crippen molar-refractivity contribution in [3.8, 4) is 0 Å². The molecule has 1 aliphatic rings. The Morgan fingerprint density at radius 2 is 1.64 bits per heavy atom. The Labute approximate surface area is 187 Å². The topological polar surface area (TPSA) is 61.8 Å². The Hall–Kier alpha value is -4.04. The fourth-order valence-electron chi connectivity index (χ4n) is 3.21. The number of hydrogen-bond donors (Lipinski definition) is 1. The number of amidine groups is 1. The van der Waals surface area contributed by atoms with Gasteiger partial charge in [-0.25, -0.2) is 28.6 Å². The number of carbonyl (C=O) groups is 2. The first kappa shape index (κ1) is 22.2. The molecule has 0 spiro atoms. The van der Waals surface area contributed by atoms with E-state index in [1.807, 2.05) is 6.92 Å². The summed E-state index contributed by atoms with van der Waals surface area (Å²) in [6.07, 6.45) is 1.18. The fraction of sp³-hybridized carbons (Fsp3) is 0.0800. The Kier molecular flexibility index (Phi) is 6.19. The summed E-state index contributed by atoms with van der Waals surface area (Å²) in [5, 5.41) is 1.06.